The van der Waals surface area contributed by atoms with Crippen molar-refractivity contribution < 1.29 is 4.79 Å². The first kappa shape index (κ1) is 14.6. The van der Waals surface area contributed by atoms with E-state index >= 15 is 0 Å². The fraction of sp³-hybridized carbons (Fsp3) is 0.812. The fourth-order valence-electron chi connectivity index (χ4n) is 3.10. The number of hydrogen-bond acceptors (Lipinski definition) is 2. The van der Waals surface area contributed by atoms with Crippen molar-refractivity contribution in [1.29, 1.82) is 0 Å². The van der Waals surface area contributed by atoms with Crippen LogP contribution in [0.4, 0.5) is 0 Å². The third kappa shape index (κ3) is 5.77. The molecule has 2 rings (SSSR count). The fourth-order valence-corrected chi connectivity index (χ4v) is 3.10. The number of allylic oxidation sites excluding steroid dienone is 2. The maximum atomic E-state index is 11.8. The molecule has 3 nitrogen and oxygen atoms in total. The largest absolute Gasteiger partial charge is 0.353 e. The molecule has 0 aromatic heterocycles. The molecule has 1 amide bonds. The highest BCUT2D eigenvalue weighted by Gasteiger charge is 2.15. The molecule has 0 aromatic rings. The molecule has 19 heavy (non-hydrogen) atoms. The molecule has 1 unspecified atom stereocenters. The van der Waals surface area contributed by atoms with Crippen molar-refractivity contribution in [2.75, 3.05) is 13.1 Å². The summed E-state index contributed by atoms with van der Waals surface area (Å²) in [5, 5.41) is 6.60. The van der Waals surface area contributed by atoms with Gasteiger partial charge in [0.15, 0.2) is 0 Å². The van der Waals surface area contributed by atoms with Crippen molar-refractivity contribution in [3.05, 3.63) is 12.2 Å². The lowest BCUT2D eigenvalue weighted by Gasteiger charge is -2.23. The lowest BCUT2D eigenvalue weighted by atomic mass is 9.94. The van der Waals surface area contributed by atoms with E-state index in [1.165, 1.54) is 51.4 Å². The maximum Gasteiger partial charge on any atom is 0.221 e. The second kappa shape index (κ2) is 8.36. The van der Waals surface area contributed by atoms with Crippen LogP contribution in [0.25, 0.3) is 0 Å². The molecule has 2 aliphatic carbocycles. The molecule has 0 bridgehead atoms. The lowest BCUT2D eigenvalue weighted by molar-refractivity contribution is -0.121. The van der Waals surface area contributed by atoms with Gasteiger partial charge in [-0.1, -0.05) is 31.4 Å². The van der Waals surface area contributed by atoms with Gasteiger partial charge in [-0.25, -0.2) is 0 Å². The molecule has 0 radical (unpaired) electrons. The molecule has 108 valence electrons. The van der Waals surface area contributed by atoms with Crippen molar-refractivity contribution >= 4 is 5.91 Å². The predicted octanol–water partition coefficient (Wildman–Crippen LogP) is 2.77. The van der Waals surface area contributed by atoms with Gasteiger partial charge >= 0.3 is 0 Å². The zero-order chi connectivity index (χ0) is 13.3. The molecule has 2 aliphatic rings. The third-order valence-corrected chi connectivity index (χ3v) is 4.31. The van der Waals surface area contributed by atoms with Crippen molar-refractivity contribution in [2.45, 2.75) is 63.8 Å². The number of rotatable bonds is 6. The average molecular weight is 264 g/mol. The van der Waals surface area contributed by atoms with E-state index in [9.17, 15) is 4.79 Å². The van der Waals surface area contributed by atoms with Crippen molar-refractivity contribution in [1.82, 2.24) is 10.6 Å². The van der Waals surface area contributed by atoms with Gasteiger partial charge in [0.1, 0.15) is 0 Å². The van der Waals surface area contributed by atoms with Gasteiger partial charge in [0.2, 0.25) is 5.91 Å². The molecular formula is C16H28N2O. The first-order valence-corrected chi connectivity index (χ1v) is 7.99. The van der Waals surface area contributed by atoms with Crippen molar-refractivity contribution in [3.8, 4) is 0 Å². The van der Waals surface area contributed by atoms with E-state index in [1.54, 1.807) is 0 Å². The molecule has 2 N–H and O–H groups in total. The van der Waals surface area contributed by atoms with Crippen molar-refractivity contribution in [3.63, 3.8) is 0 Å². The van der Waals surface area contributed by atoms with Crippen LogP contribution >= 0.6 is 0 Å². The Kier molecular flexibility index (Phi) is 6.42. The van der Waals surface area contributed by atoms with Crippen LogP contribution in [-0.2, 0) is 4.79 Å². The van der Waals surface area contributed by atoms with Gasteiger partial charge in [0, 0.05) is 19.0 Å². The standard InChI is InChI=1S/C16H28N2O/c19-16(18-15-9-5-2-6-10-15)11-12-17-13-14-7-3-1-4-8-14/h1,3,14-15,17H,2,4-13H2,(H,18,19). The van der Waals surface area contributed by atoms with Gasteiger partial charge in [-0.15, -0.1) is 0 Å². The Morgan fingerprint density at radius 3 is 2.68 bits per heavy atom. The summed E-state index contributed by atoms with van der Waals surface area (Å²) in [6, 6.07) is 0.449. The second-order valence-electron chi connectivity index (χ2n) is 6.01. The summed E-state index contributed by atoms with van der Waals surface area (Å²) >= 11 is 0. The van der Waals surface area contributed by atoms with Gasteiger partial charge < -0.3 is 10.6 Å². The molecular weight excluding hydrogens is 236 g/mol. The van der Waals surface area contributed by atoms with E-state index in [2.05, 4.69) is 22.8 Å². The quantitative estimate of drug-likeness (QED) is 0.572. The van der Waals surface area contributed by atoms with E-state index in [0.717, 1.165) is 19.0 Å². The molecule has 0 heterocycles. The highest BCUT2D eigenvalue weighted by Crippen LogP contribution is 2.18. The summed E-state index contributed by atoms with van der Waals surface area (Å²) in [4.78, 5) is 11.8. The van der Waals surface area contributed by atoms with Crippen LogP contribution in [0.3, 0.4) is 0 Å². The number of carbonyl (C=O) groups excluding carboxylic acids is 1. The van der Waals surface area contributed by atoms with E-state index in [1.807, 2.05) is 0 Å². The minimum Gasteiger partial charge on any atom is -0.353 e. The summed E-state index contributed by atoms with van der Waals surface area (Å²) in [5.41, 5.74) is 0. The number of amides is 1. The Bertz CT molecular complexity index is 295. The van der Waals surface area contributed by atoms with Gasteiger partial charge in [-0.05, 0) is 44.6 Å². The van der Waals surface area contributed by atoms with E-state index < -0.39 is 0 Å². The molecule has 1 atom stereocenters. The molecule has 3 heteroatoms. The summed E-state index contributed by atoms with van der Waals surface area (Å²) < 4.78 is 0. The topological polar surface area (TPSA) is 41.1 Å². The molecule has 0 spiro atoms. The Labute approximate surface area is 117 Å². The minimum atomic E-state index is 0.225. The summed E-state index contributed by atoms with van der Waals surface area (Å²) in [7, 11) is 0. The number of nitrogens with one attached hydrogen (secondary N) is 2. The minimum absolute atomic E-state index is 0.225. The highest BCUT2D eigenvalue weighted by atomic mass is 16.1. The second-order valence-corrected chi connectivity index (χ2v) is 6.01. The summed E-state index contributed by atoms with van der Waals surface area (Å²) in [5.74, 6) is 0.995. The Morgan fingerprint density at radius 1 is 1.11 bits per heavy atom. The van der Waals surface area contributed by atoms with E-state index in [-0.39, 0.29) is 5.91 Å². The Morgan fingerprint density at radius 2 is 1.95 bits per heavy atom. The van der Waals surface area contributed by atoms with Crippen LogP contribution in [-0.4, -0.2) is 25.0 Å². The first-order valence-electron chi connectivity index (χ1n) is 7.99. The smallest absolute Gasteiger partial charge is 0.221 e. The Balaban J connectivity index is 1.50. The van der Waals surface area contributed by atoms with Gasteiger partial charge in [0.25, 0.3) is 0 Å². The molecule has 0 aliphatic heterocycles. The SMILES string of the molecule is O=C(CCNCC1CC=CCC1)NC1CCCCC1. The lowest BCUT2D eigenvalue weighted by Crippen LogP contribution is -2.37. The van der Waals surface area contributed by atoms with Gasteiger partial charge in [0.05, 0.1) is 0 Å². The Hall–Kier alpha value is -0.830. The van der Waals surface area contributed by atoms with Crippen LogP contribution < -0.4 is 10.6 Å². The van der Waals surface area contributed by atoms with Crippen LogP contribution in [0.2, 0.25) is 0 Å². The monoisotopic (exact) mass is 264 g/mol. The van der Waals surface area contributed by atoms with Crippen LogP contribution in [0.15, 0.2) is 12.2 Å². The maximum absolute atomic E-state index is 11.8. The summed E-state index contributed by atoms with van der Waals surface area (Å²) in [6.45, 7) is 1.87. The predicted molar refractivity (Wildman–Crippen MR) is 79.0 cm³/mol. The molecule has 1 fully saturated rings. The summed E-state index contributed by atoms with van der Waals surface area (Å²) in [6.07, 6.45) is 15.1. The molecule has 1 saturated carbocycles. The van der Waals surface area contributed by atoms with E-state index in [0.29, 0.717) is 12.5 Å². The number of hydrogen-bond donors (Lipinski definition) is 2. The molecule has 0 aromatic carbocycles. The van der Waals surface area contributed by atoms with Gasteiger partial charge in [-0.2, -0.15) is 0 Å². The zero-order valence-corrected chi connectivity index (χ0v) is 12.0. The number of carbonyl (C=O) groups is 1. The van der Waals surface area contributed by atoms with Crippen LogP contribution in [0.5, 0.6) is 0 Å². The van der Waals surface area contributed by atoms with Crippen LogP contribution in [0.1, 0.15) is 57.8 Å². The van der Waals surface area contributed by atoms with Gasteiger partial charge in [-0.3, -0.25) is 4.79 Å². The average Bonchev–Trinajstić information content (AvgIpc) is 2.46. The van der Waals surface area contributed by atoms with E-state index in [4.69, 9.17) is 0 Å². The zero-order valence-electron chi connectivity index (χ0n) is 12.0. The highest BCUT2D eigenvalue weighted by molar-refractivity contribution is 5.76. The van der Waals surface area contributed by atoms with Crippen molar-refractivity contribution in [2.24, 2.45) is 5.92 Å². The van der Waals surface area contributed by atoms with Crippen LogP contribution in [0, 0.1) is 5.92 Å². The normalized spacial score (nSPS) is 24.3. The molecule has 0 saturated heterocycles. The first-order chi connectivity index (χ1) is 9.34. The third-order valence-electron chi connectivity index (χ3n) is 4.31.